The van der Waals surface area contributed by atoms with Gasteiger partial charge in [0.1, 0.15) is 5.75 Å². The van der Waals surface area contributed by atoms with Crippen LogP contribution in [0.2, 0.25) is 0 Å². The van der Waals surface area contributed by atoms with Crippen molar-refractivity contribution in [1.82, 2.24) is 4.90 Å². The number of hydrogen-bond donors (Lipinski definition) is 1. The van der Waals surface area contributed by atoms with Gasteiger partial charge in [-0.3, -0.25) is 9.69 Å². The Morgan fingerprint density at radius 3 is 2.86 bits per heavy atom. The van der Waals surface area contributed by atoms with Crippen molar-refractivity contribution < 1.29 is 27.8 Å². The molecule has 1 aliphatic heterocycles. The van der Waals surface area contributed by atoms with Crippen LogP contribution in [0, 0.1) is 5.92 Å². The smallest absolute Gasteiger partial charge is 0.422 e. The van der Waals surface area contributed by atoms with Gasteiger partial charge in [0.15, 0.2) is 6.61 Å². The van der Waals surface area contributed by atoms with E-state index in [9.17, 15) is 18.0 Å². The molecule has 0 aliphatic carbocycles. The number of benzene rings is 1. The zero-order valence-corrected chi connectivity index (χ0v) is 12.0. The lowest BCUT2D eigenvalue weighted by Gasteiger charge is -2.30. The molecule has 0 spiro atoms. The lowest BCUT2D eigenvalue weighted by molar-refractivity contribution is -0.153. The molecule has 0 aromatic heterocycles. The number of alkyl halides is 3. The number of carboxylic acid groups (broad SMARTS) is 1. The molecule has 1 atom stereocenters. The lowest BCUT2D eigenvalue weighted by Crippen LogP contribution is -2.38. The average molecular weight is 317 g/mol. The van der Waals surface area contributed by atoms with Crippen molar-refractivity contribution in [3.05, 3.63) is 29.8 Å². The van der Waals surface area contributed by atoms with E-state index in [0.29, 0.717) is 19.5 Å². The molecule has 0 saturated carbocycles. The molecular formula is C15H18F3NO3. The molecule has 1 heterocycles. The first-order valence-electron chi connectivity index (χ1n) is 7.07. The predicted octanol–water partition coefficient (Wildman–Crippen LogP) is 2.92. The summed E-state index contributed by atoms with van der Waals surface area (Å²) in [6, 6.07) is 6.48. The standard InChI is InChI=1S/C15H18F3NO3/c16-15(17,18)10-22-13-5-1-3-11(7-13)8-19-6-2-4-12(9-19)14(20)21/h1,3,5,7,12H,2,4,6,8-10H2,(H,20,21). The summed E-state index contributed by atoms with van der Waals surface area (Å²) in [5.74, 6) is -1.01. The van der Waals surface area contributed by atoms with Crippen LogP contribution in [-0.2, 0) is 11.3 Å². The molecule has 0 bridgehead atoms. The molecule has 22 heavy (non-hydrogen) atoms. The highest BCUT2D eigenvalue weighted by molar-refractivity contribution is 5.70. The number of nitrogens with zero attached hydrogens (tertiary/aromatic N) is 1. The first-order chi connectivity index (χ1) is 10.3. The van der Waals surface area contributed by atoms with E-state index in [1.807, 2.05) is 4.90 Å². The quantitative estimate of drug-likeness (QED) is 0.907. The van der Waals surface area contributed by atoms with Crippen LogP contribution >= 0.6 is 0 Å². The van der Waals surface area contributed by atoms with E-state index in [4.69, 9.17) is 9.84 Å². The van der Waals surface area contributed by atoms with Gasteiger partial charge >= 0.3 is 12.1 Å². The van der Waals surface area contributed by atoms with Gasteiger partial charge in [-0.05, 0) is 37.1 Å². The molecular weight excluding hydrogens is 299 g/mol. The van der Waals surface area contributed by atoms with E-state index in [2.05, 4.69) is 0 Å². The van der Waals surface area contributed by atoms with Crippen LogP contribution in [0.5, 0.6) is 5.75 Å². The topological polar surface area (TPSA) is 49.8 Å². The van der Waals surface area contributed by atoms with Gasteiger partial charge in [-0.25, -0.2) is 0 Å². The van der Waals surface area contributed by atoms with E-state index in [0.717, 1.165) is 18.5 Å². The number of piperidine rings is 1. The third-order valence-corrected chi connectivity index (χ3v) is 3.56. The number of rotatable bonds is 5. The van der Waals surface area contributed by atoms with Crippen LogP contribution in [0.15, 0.2) is 24.3 Å². The number of ether oxygens (including phenoxy) is 1. The number of carbonyl (C=O) groups is 1. The Labute approximate surface area is 126 Å². The number of hydrogen-bond acceptors (Lipinski definition) is 3. The largest absolute Gasteiger partial charge is 0.484 e. The first-order valence-corrected chi connectivity index (χ1v) is 7.07. The van der Waals surface area contributed by atoms with Crippen LogP contribution in [-0.4, -0.2) is 41.8 Å². The van der Waals surface area contributed by atoms with E-state index >= 15 is 0 Å². The average Bonchev–Trinajstić information content (AvgIpc) is 2.45. The summed E-state index contributed by atoms with van der Waals surface area (Å²) in [4.78, 5) is 13.0. The second-order valence-corrected chi connectivity index (χ2v) is 5.46. The normalized spacial score (nSPS) is 19.9. The summed E-state index contributed by atoms with van der Waals surface area (Å²) < 4.78 is 41.2. The highest BCUT2D eigenvalue weighted by atomic mass is 19.4. The Morgan fingerprint density at radius 1 is 1.41 bits per heavy atom. The molecule has 1 unspecified atom stereocenters. The van der Waals surface area contributed by atoms with E-state index in [-0.39, 0.29) is 11.7 Å². The van der Waals surface area contributed by atoms with E-state index < -0.39 is 18.8 Å². The zero-order valence-electron chi connectivity index (χ0n) is 12.0. The highest BCUT2D eigenvalue weighted by Gasteiger charge is 2.28. The fraction of sp³-hybridized carbons (Fsp3) is 0.533. The monoisotopic (exact) mass is 317 g/mol. The maximum absolute atomic E-state index is 12.1. The molecule has 1 aliphatic rings. The van der Waals surface area contributed by atoms with Crippen LogP contribution in [0.4, 0.5) is 13.2 Å². The van der Waals surface area contributed by atoms with Crippen molar-refractivity contribution in [3.63, 3.8) is 0 Å². The summed E-state index contributed by atoms with van der Waals surface area (Å²) in [6.45, 7) is 0.439. The maximum atomic E-state index is 12.1. The fourth-order valence-corrected chi connectivity index (χ4v) is 2.56. The Morgan fingerprint density at radius 2 is 2.18 bits per heavy atom. The van der Waals surface area contributed by atoms with Crippen molar-refractivity contribution >= 4 is 5.97 Å². The minimum Gasteiger partial charge on any atom is -0.484 e. The molecule has 122 valence electrons. The second kappa shape index (κ2) is 7.00. The number of likely N-dealkylation sites (tertiary alicyclic amines) is 1. The molecule has 4 nitrogen and oxygen atoms in total. The lowest BCUT2D eigenvalue weighted by atomic mass is 9.98. The van der Waals surface area contributed by atoms with Gasteiger partial charge < -0.3 is 9.84 Å². The number of halogens is 3. The van der Waals surface area contributed by atoms with Crippen molar-refractivity contribution in [1.29, 1.82) is 0 Å². The van der Waals surface area contributed by atoms with Gasteiger partial charge in [-0.2, -0.15) is 13.2 Å². The molecule has 1 saturated heterocycles. The van der Waals surface area contributed by atoms with Gasteiger partial charge in [-0.15, -0.1) is 0 Å². The van der Waals surface area contributed by atoms with Crippen LogP contribution in [0.3, 0.4) is 0 Å². The number of carboxylic acids is 1. The summed E-state index contributed by atoms with van der Waals surface area (Å²) in [6.07, 6.45) is -2.89. The molecule has 1 aromatic carbocycles. The Bertz CT molecular complexity index is 519. The summed E-state index contributed by atoms with van der Waals surface area (Å²) >= 11 is 0. The minimum atomic E-state index is -4.36. The van der Waals surface area contributed by atoms with Crippen molar-refractivity contribution in [2.45, 2.75) is 25.6 Å². The van der Waals surface area contributed by atoms with Gasteiger partial charge in [0, 0.05) is 13.1 Å². The van der Waals surface area contributed by atoms with Gasteiger partial charge in [0.25, 0.3) is 0 Å². The van der Waals surface area contributed by atoms with E-state index in [1.54, 1.807) is 18.2 Å². The fourth-order valence-electron chi connectivity index (χ4n) is 2.56. The Balaban J connectivity index is 1.93. The van der Waals surface area contributed by atoms with Gasteiger partial charge in [-0.1, -0.05) is 12.1 Å². The molecule has 0 radical (unpaired) electrons. The minimum absolute atomic E-state index is 0.168. The molecule has 7 heteroatoms. The summed E-state index contributed by atoms with van der Waals surface area (Å²) in [5.41, 5.74) is 0.811. The molecule has 1 N–H and O–H groups in total. The molecule has 0 amide bonds. The van der Waals surface area contributed by atoms with Crippen LogP contribution < -0.4 is 4.74 Å². The highest BCUT2D eigenvalue weighted by Crippen LogP contribution is 2.22. The first kappa shape index (κ1) is 16.6. The second-order valence-electron chi connectivity index (χ2n) is 5.46. The van der Waals surface area contributed by atoms with Crippen LogP contribution in [0.1, 0.15) is 18.4 Å². The van der Waals surface area contributed by atoms with Gasteiger partial charge in [0.2, 0.25) is 0 Å². The SMILES string of the molecule is O=C(O)C1CCCN(Cc2cccc(OCC(F)(F)F)c2)C1. The van der Waals surface area contributed by atoms with Crippen molar-refractivity contribution in [2.75, 3.05) is 19.7 Å². The molecule has 1 fully saturated rings. The Kier molecular flexibility index (Phi) is 5.28. The summed E-state index contributed by atoms with van der Waals surface area (Å²) in [5, 5.41) is 9.06. The van der Waals surface area contributed by atoms with Crippen molar-refractivity contribution in [2.24, 2.45) is 5.92 Å². The third kappa shape index (κ3) is 5.22. The van der Waals surface area contributed by atoms with Gasteiger partial charge in [0.05, 0.1) is 5.92 Å². The van der Waals surface area contributed by atoms with E-state index in [1.165, 1.54) is 6.07 Å². The van der Waals surface area contributed by atoms with Crippen molar-refractivity contribution in [3.8, 4) is 5.75 Å². The summed E-state index contributed by atoms with van der Waals surface area (Å²) in [7, 11) is 0. The maximum Gasteiger partial charge on any atom is 0.422 e. The predicted molar refractivity (Wildman–Crippen MR) is 73.6 cm³/mol. The Hall–Kier alpha value is -1.76. The van der Waals surface area contributed by atoms with Crippen LogP contribution in [0.25, 0.3) is 0 Å². The molecule has 2 rings (SSSR count). The third-order valence-electron chi connectivity index (χ3n) is 3.56. The zero-order chi connectivity index (χ0) is 16.2. The number of aliphatic carboxylic acids is 1. The molecule has 1 aromatic rings.